The van der Waals surface area contributed by atoms with Crippen LogP contribution in [-0.2, 0) is 22.6 Å². The van der Waals surface area contributed by atoms with Crippen molar-refractivity contribution >= 4 is 11.9 Å². The molecule has 2 aromatic rings. The highest BCUT2D eigenvalue weighted by Gasteiger charge is 2.52. The molecule has 2 fully saturated rings. The van der Waals surface area contributed by atoms with Crippen molar-refractivity contribution in [2.45, 2.75) is 39.2 Å². The number of benzene rings is 1. The Labute approximate surface area is 183 Å². The molecule has 0 bridgehead atoms. The third-order valence-electron chi connectivity index (χ3n) is 6.89. The SMILES string of the molecule is Cc1ccccc1CN1C[C@H]2CN(C(=O)CCc3cnccn3)C[C@@]2(CCC(=O)O)C1. The molecule has 1 N–H and O–H groups in total. The standard InChI is InChI=1S/C24H30N4O3/c1-18-4-2-3-5-19(18)13-27-14-20-15-28(17-24(20,16-27)9-8-23(30)31)22(29)7-6-21-12-25-10-11-26-21/h2-5,10-12,20H,6-9,13-17H2,1H3,(H,30,31)/t20-,24+/m0/s1. The molecule has 2 atom stereocenters. The number of carboxylic acids is 1. The lowest BCUT2D eigenvalue weighted by atomic mass is 9.77. The van der Waals surface area contributed by atoms with E-state index in [1.54, 1.807) is 18.6 Å². The van der Waals surface area contributed by atoms with Gasteiger partial charge in [-0.1, -0.05) is 24.3 Å². The number of aryl methyl sites for hydroxylation is 2. The first-order chi connectivity index (χ1) is 14.9. The Kier molecular flexibility index (Phi) is 6.32. The van der Waals surface area contributed by atoms with Gasteiger partial charge in [0, 0.05) is 69.6 Å². The Balaban J connectivity index is 1.41. The number of aromatic nitrogens is 2. The average molecular weight is 423 g/mol. The molecule has 31 heavy (non-hydrogen) atoms. The number of nitrogens with zero attached hydrogens (tertiary/aromatic N) is 4. The summed E-state index contributed by atoms with van der Waals surface area (Å²) in [7, 11) is 0. The van der Waals surface area contributed by atoms with Gasteiger partial charge in [0.05, 0.1) is 5.69 Å². The highest BCUT2D eigenvalue weighted by molar-refractivity contribution is 5.77. The molecule has 7 nitrogen and oxygen atoms in total. The summed E-state index contributed by atoms with van der Waals surface area (Å²) in [6, 6.07) is 8.41. The quantitative estimate of drug-likeness (QED) is 0.704. The van der Waals surface area contributed by atoms with Crippen LogP contribution in [0.3, 0.4) is 0 Å². The molecule has 164 valence electrons. The van der Waals surface area contributed by atoms with Crippen LogP contribution >= 0.6 is 0 Å². The molecule has 1 amide bonds. The number of carbonyl (C=O) groups is 2. The van der Waals surface area contributed by atoms with Crippen molar-refractivity contribution in [3.8, 4) is 0 Å². The van der Waals surface area contributed by atoms with Crippen LogP contribution in [0.15, 0.2) is 42.9 Å². The van der Waals surface area contributed by atoms with E-state index in [4.69, 9.17) is 0 Å². The van der Waals surface area contributed by atoms with Crippen molar-refractivity contribution in [2.24, 2.45) is 11.3 Å². The Morgan fingerprint density at radius 3 is 2.74 bits per heavy atom. The molecule has 0 unspecified atom stereocenters. The normalized spacial score (nSPS) is 23.1. The van der Waals surface area contributed by atoms with E-state index < -0.39 is 5.97 Å². The molecule has 0 aliphatic carbocycles. The number of rotatable bonds is 8. The smallest absolute Gasteiger partial charge is 0.303 e. The number of aliphatic carboxylic acids is 1. The zero-order chi connectivity index (χ0) is 21.8. The first-order valence-corrected chi connectivity index (χ1v) is 11.0. The number of likely N-dealkylation sites (tertiary alicyclic amines) is 2. The molecular formula is C24H30N4O3. The van der Waals surface area contributed by atoms with E-state index in [-0.39, 0.29) is 17.7 Å². The summed E-state index contributed by atoms with van der Waals surface area (Å²) in [6.45, 7) is 6.11. The number of carbonyl (C=O) groups excluding carboxylic acids is 1. The average Bonchev–Trinajstić information content (AvgIpc) is 3.27. The van der Waals surface area contributed by atoms with Crippen molar-refractivity contribution in [3.05, 3.63) is 59.7 Å². The van der Waals surface area contributed by atoms with Gasteiger partial charge in [-0.2, -0.15) is 0 Å². The monoisotopic (exact) mass is 422 g/mol. The maximum Gasteiger partial charge on any atom is 0.303 e. The van der Waals surface area contributed by atoms with Crippen LogP contribution in [-0.4, -0.2) is 62.9 Å². The first kappa shape index (κ1) is 21.4. The molecule has 4 rings (SSSR count). The molecule has 3 heterocycles. The maximum atomic E-state index is 12.9. The summed E-state index contributed by atoms with van der Waals surface area (Å²) in [6.07, 6.45) is 6.72. The lowest BCUT2D eigenvalue weighted by Gasteiger charge is -2.29. The molecule has 2 aliphatic heterocycles. The number of carboxylic acid groups (broad SMARTS) is 1. The first-order valence-electron chi connectivity index (χ1n) is 11.0. The summed E-state index contributed by atoms with van der Waals surface area (Å²) in [5.41, 5.74) is 3.27. The van der Waals surface area contributed by atoms with E-state index in [9.17, 15) is 14.7 Å². The van der Waals surface area contributed by atoms with Crippen molar-refractivity contribution in [1.29, 1.82) is 0 Å². The van der Waals surface area contributed by atoms with Gasteiger partial charge in [-0.15, -0.1) is 0 Å². The highest BCUT2D eigenvalue weighted by Crippen LogP contribution is 2.46. The van der Waals surface area contributed by atoms with Crippen LogP contribution in [0.4, 0.5) is 0 Å². The van der Waals surface area contributed by atoms with E-state index >= 15 is 0 Å². The van der Waals surface area contributed by atoms with E-state index in [0.29, 0.717) is 38.3 Å². The van der Waals surface area contributed by atoms with Crippen LogP contribution in [0, 0.1) is 18.3 Å². The zero-order valence-corrected chi connectivity index (χ0v) is 18.0. The molecule has 0 spiro atoms. The Bertz CT molecular complexity index is 935. The summed E-state index contributed by atoms with van der Waals surface area (Å²) in [5.74, 6) is -0.325. The highest BCUT2D eigenvalue weighted by atomic mass is 16.4. The van der Waals surface area contributed by atoms with Gasteiger partial charge in [-0.25, -0.2) is 0 Å². The van der Waals surface area contributed by atoms with Gasteiger partial charge < -0.3 is 10.0 Å². The second-order valence-electron chi connectivity index (χ2n) is 9.02. The summed E-state index contributed by atoms with van der Waals surface area (Å²) in [5, 5.41) is 9.31. The topological polar surface area (TPSA) is 86.6 Å². The third kappa shape index (κ3) is 4.93. The number of hydrogen-bond donors (Lipinski definition) is 1. The van der Waals surface area contributed by atoms with Gasteiger partial charge in [0.25, 0.3) is 0 Å². The number of hydrogen-bond acceptors (Lipinski definition) is 5. The third-order valence-corrected chi connectivity index (χ3v) is 6.89. The fraction of sp³-hybridized carbons (Fsp3) is 0.500. The Morgan fingerprint density at radius 2 is 2.00 bits per heavy atom. The molecular weight excluding hydrogens is 392 g/mol. The summed E-state index contributed by atoms with van der Waals surface area (Å²) in [4.78, 5) is 36.9. The number of amides is 1. The fourth-order valence-corrected chi connectivity index (χ4v) is 5.19. The minimum Gasteiger partial charge on any atom is -0.481 e. The van der Waals surface area contributed by atoms with Crippen LogP contribution < -0.4 is 0 Å². The molecule has 2 saturated heterocycles. The lowest BCUT2D eigenvalue weighted by molar-refractivity contribution is -0.137. The van der Waals surface area contributed by atoms with Gasteiger partial charge in [-0.05, 0) is 36.8 Å². The molecule has 2 aliphatic rings. The largest absolute Gasteiger partial charge is 0.481 e. The Morgan fingerprint density at radius 1 is 1.16 bits per heavy atom. The van der Waals surface area contributed by atoms with Gasteiger partial charge in [0.2, 0.25) is 5.91 Å². The van der Waals surface area contributed by atoms with Gasteiger partial charge in [-0.3, -0.25) is 24.5 Å². The number of fused-ring (bicyclic) bond motifs is 1. The van der Waals surface area contributed by atoms with Gasteiger partial charge >= 0.3 is 5.97 Å². The van der Waals surface area contributed by atoms with Crippen molar-refractivity contribution in [2.75, 3.05) is 26.2 Å². The van der Waals surface area contributed by atoms with Crippen molar-refractivity contribution in [3.63, 3.8) is 0 Å². The minimum absolute atomic E-state index is 0.125. The van der Waals surface area contributed by atoms with E-state index in [0.717, 1.165) is 25.3 Å². The predicted octanol–water partition coefficient (Wildman–Crippen LogP) is 2.54. The van der Waals surface area contributed by atoms with Gasteiger partial charge in [0.15, 0.2) is 0 Å². The van der Waals surface area contributed by atoms with Crippen molar-refractivity contribution < 1.29 is 14.7 Å². The lowest BCUT2D eigenvalue weighted by Crippen LogP contribution is -2.37. The second kappa shape index (κ2) is 9.14. The second-order valence-corrected chi connectivity index (χ2v) is 9.02. The molecule has 7 heteroatoms. The van der Waals surface area contributed by atoms with E-state index in [1.165, 1.54) is 11.1 Å². The van der Waals surface area contributed by atoms with Crippen LogP contribution in [0.5, 0.6) is 0 Å². The van der Waals surface area contributed by atoms with E-state index in [1.807, 2.05) is 4.90 Å². The molecule has 1 aromatic carbocycles. The van der Waals surface area contributed by atoms with Gasteiger partial charge in [0.1, 0.15) is 0 Å². The van der Waals surface area contributed by atoms with Crippen LogP contribution in [0.25, 0.3) is 0 Å². The Hall–Kier alpha value is -2.80. The molecule has 0 saturated carbocycles. The van der Waals surface area contributed by atoms with Crippen LogP contribution in [0.2, 0.25) is 0 Å². The summed E-state index contributed by atoms with van der Waals surface area (Å²) < 4.78 is 0. The van der Waals surface area contributed by atoms with E-state index in [2.05, 4.69) is 46.1 Å². The molecule has 1 aromatic heterocycles. The predicted molar refractivity (Wildman–Crippen MR) is 116 cm³/mol. The maximum absolute atomic E-state index is 12.9. The fourth-order valence-electron chi connectivity index (χ4n) is 5.19. The van der Waals surface area contributed by atoms with Crippen molar-refractivity contribution in [1.82, 2.24) is 19.8 Å². The summed E-state index contributed by atoms with van der Waals surface area (Å²) >= 11 is 0. The minimum atomic E-state index is -0.766. The molecule has 0 radical (unpaired) electrons. The van der Waals surface area contributed by atoms with Crippen LogP contribution in [0.1, 0.15) is 36.1 Å². The zero-order valence-electron chi connectivity index (χ0n) is 18.0.